The van der Waals surface area contributed by atoms with E-state index in [1.54, 1.807) is 13.0 Å². The van der Waals surface area contributed by atoms with Crippen LogP contribution in [0.1, 0.15) is 35.7 Å². The van der Waals surface area contributed by atoms with Crippen LogP contribution in [0, 0.1) is 17.0 Å². The standard InChI is InChI=1S/C13H18N2O4/c1-3-12(16)4-5-14-13(17)10-6-9(2)7-11(8-10)15(18)19/h6-8,12,16H,3-5H2,1-2H3,(H,14,17). The fourth-order valence-corrected chi connectivity index (χ4v) is 1.66. The van der Waals surface area contributed by atoms with Crippen molar-refractivity contribution in [2.75, 3.05) is 6.54 Å². The number of nitrogens with zero attached hydrogens (tertiary/aromatic N) is 1. The highest BCUT2D eigenvalue weighted by atomic mass is 16.6. The van der Waals surface area contributed by atoms with Gasteiger partial charge in [-0.25, -0.2) is 0 Å². The first kappa shape index (κ1) is 15.1. The Balaban J connectivity index is 2.69. The first-order valence-corrected chi connectivity index (χ1v) is 6.16. The Kier molecular flexibility index (Phi) is 5.44. The maximum Gasteiger partial charge on any atom is 0.270 e. The summed E-state index contributed by atoms with van der Waals surface area (Å²) in [5.74, 6) is -0.366. The summed E-state index contributed by atoms with van der Waals surface area (Å²) in [5, 5.41) is 22.7. The lowest BCUT2D eigenvalue weighted by Gasteiger charge is -2.09. The average Bonchev–Trinajstić information content (AvgIpc) is 2.37. The maximum absolute atomic E-state index is 11.8. The van der Waals surface area contributed by atoms with E-state index in [1.165, 1.54) is 12.1 Å². The SMILES string of the molecule is CCC(O)CCNC(=O)c1cc(C)cc([N+](=O)[O-])c1. The average molecular weight is 266 g/mol. The Hall–Kier alpha value is -1.95. The molecular formula is C13H18N2O4. The predicted molar refractivity (Wildman–Crippen MR) is 71.1 cm³/mol. The third kappa shape index (κ3) is 4.67. The molecule has 0 fully saturated rings. The van der Waals surface area contributed by atoms with Gasteiger partial charge < -0.3 is 10.4 Å². The minimum atomic E-state index is -0.523. The molecule has 0 aliphatic carbocycles. The van der Waals surface area contributed by atoms with Gasteiger partial charge in [-0.05, 0) is 31.4 Å². The van der Waals surface area contributed by atoms with E-state index < -0.39 is 11.0 Å². The summed E-state index contributed by atoms with van der Waals surface area (Å²) in [7, 11) is 0. The molecule has 104 valence electrons. The second kappa shape index (κ2) is 6.84. The molecule has 0 bridgehead atoms. The molecule has 1 amide bonds. The molecule has 19 heavy (non-hydrogen) atoms. The van der Waals surface area contributed by atoms with Crippen LogP contribution >= 0.6 is 0 Å². The third-order valence-corrected chi connectivity index (χ3v) is 2.77. The Morgan fingerprint density at radius 1 is 1.47 bits per heavy atom. The molecule has 2 N–H and O–H groups in total. The van der Waals surface area contributed by atoms with Crippen molar-refractivity contribution in [3.05, 3.63) is 39.4 Å². The molecule has 0 radical (unpaired) electrons. The highest BCUT2D eigenvalue weighted by Gasteiger charge is 2.13. The van der Waals surface area contributed by atoms with E-state index >= 15 is 0 Å². The van der Waals surface area contributed by atoms with Crippen molar-refractivity contribution in [1.29, 1.82) is 0 Å². The van der Waals surface area contributed by atoms with Crippen LogP contribution in [-0.4, -0.2) is 28.6 Å². The van der Waals surface area contributed by atoms with E-state index in [0.717, 1.165) is 0 Å². The van der Waals surface area contributed by atoms with E-state index in [9.17, 15) is 20.0 Å². The number of nitrogens with one attached hydrogen (secondary N) is 1. The number of aliphatic hydroxyl groups is 1. The molecule has 0 aromatic heterocycles. The zero-order chi connectivity index (χ0) is 14.4. The Labute approximate surface area is 111 Å². The summed E-state index contributed by atoms with van der Waals surface area (Å²) in [4.78, 5) is 22.0. The summed E-state index contributed by atoms with van der Waals surface area (Å²) in [5.41, 5.74) is 0.823. The van der Waals surface area contributed by atoms with Crippen LogP contribution < -0.4 is 5.32 Å². The molecule has 6 nitrogen and oxygen atoms in total. The smallest absolute Gasteiger partial charge is 0.270 e. The van der Waals surface area contributed by atoms with E-state index in [0.29, 0.717) is 24.9 Å². The lowest BCUT2D eigenvalue weighted by Crippen LogP contribution is -2.27. The lowest BCUT2D eigenvalue weighted by atomic mass is 10.1. The normalized spacial score (nSPS) is 11.9. The fourth-order valence-electron chi connectivity index (χ4n) is 1.66. The van der Waals surface area contributed by atoms with Crippen molar-refractivity contribution in [2.24, 2.45) is 0 Å². The molecule has 0 saturated heterocycles. The van der Waals surface area contributed by atoms with Crippen molar-refractivity contribution in [3.8, 4) is 0 Å². The predicted octanol–water partition coefficient (Wildman–Crippen LogP) is 1.79. The van der Waals surface area contributed by atoms with Crippen LogP contribution in [0.15, 0.2) is 18.2 Å². The quantitative estimate of drug-likeness (QED) is 0.606. The van der Waals surface area contributed by atoms with E-state index in [1.807, 2.05) is 6.92 Å². The molecule has 1 atom stereocenters. The monoisotopic (exact) mass is 266 g/mol. The molecule has 0 aliphatic rings. The van der Waals surface area contributed by atoms with Crippen molar-refractivity contribution in [3.63, 3.8) is 0 Å². The number of carbonyl (C=O) groups is 1. The number of hydrogen-bond donors (Lipinski definition) is 2. The number of carbonyl (C=O) groups excluding carboxylic acids is 1. The molecule has 0 heterocycles. The number of aliphatic hydroxyl groups excluding tert-OH is 1. The summed E-state index contributed by atoms with van der Waals surface area (Å²) in [6, 6.07) is 4.26. The first-order valence-electron chi connectivity index (χ1n) is 6.16. The molecule has 1 aromatic carbocycles. The Morgan fingerprint density at radius 2 is 2.16 bits per heavy atom. The van der Waals surface area contributed by atoms with Gasteiger partial charge in [0.15, 0.2) is 0 Å². The minimum absolute atomic E-state index is 0.0984. The van der Waals surface area contributed by atoms with Gasteiger partial charge >= 0.3 is 0 Å². The van der Waals surface area contributed by atoms with Gasteiger partial charge in [0.1, 0.15) is 0 Å². The van der Waals surface area contributed by atoms with Crippen LogP contribution in [0.5, 0.6) is 0 Å². The van der Waals surface area contributed by atoms with Gasteiger partial charge in [0.05, 0.1) is 11.0 Å². The van der Waals surface area contributed by atoms with Crippen molar-refractivity contribution in [2.45, 2.75) is 32.8 Å². The highest BCUT2D eigenvalue weighted by Crippen LogP contribution is 2.16. The molecule has 0 aliphatic heterocycles. The molecule has 0 saturated carbocycles. The number of nitro benzene ring substituents is 1. The number of hydrogen-bond acceptors (Lipinski definition) is 4. The van der Waals surface area contributed by atoms with Crippen LogP contribution in [0.25, 0.3) is 0 Å². The third-order valence-electron chi connectivity index (χ3n) is 2.77. The van der Waals surface area contributed by atoms with Gasteiger partial charge in [0.25, 0.3) is 11.6 Å². The number of rotatable bonds is 6. The van der Waals surface area contributed by atoms with Crippen molar-refractivity contribution in [1.82, 2.24) is 5.32 Å². The molecule has 6 heteroatoms. The molecule has 1 aromatic rings. The Morgan fingerprint density at radius 3 is 2.74 bits per heavy atom. The zero-order valence-corrected chi connectivity index (χ0v) is 11.0. The number of non-ortho nitro benzene ring substituents is 1. The second-order valence-corrected chi connectivity index (χ2v) is 4.42. The van der Waals surface area contributed by atoms with Gasteiger partial charge in [-0.3, -0.25) is 14.9 Å². The van der Waals surface area contributed by atoms with Gasteiger partial charge in [-0.1, -0.05) is 6.92 Å². The largest absolute Gasteiger partial charge is 0.393 e. The van der Waals surface area contributed by atoms with Gasteiger partial charge in [-0.2, -0.15) is 0 Å². The summed E-state index contributed by atoms with van der Waals surface area (Å²) in [6.45, 7) is 3.90. The minimum Gasteiger partial charge on any atom is -0.393 e. The summed E-state index contributed by atoms with van der Waals surface area (Å²) in [6.07, 6.45) is 0.661. The van der Waals surface area contributed by atoms with E-state index in [4.69, 9.17) is 0 Å². The lowest BCUT2D eigenvalue weighted by molar-refractivity contribution is -0.384. The molecule has 0 spiro atoms. The maximum atomic E-state index is 11.8. The van der Waals surface area contributed by atoms with Gasteiger partial charge in [0, 0.05) is 24.2 Å². The number of nitro groups is 1. The summed E-state index contributed by atoms with van der Waals surface area (Å²) >= 11 is 0. The molecular weight excluding hydrogens is 248 g/mol. The summed E-state index contributed by atoms with van der Waals surface area (Å²) < 4.78 is 0. The topological polar surface area (TPSA) is 92.5 Å². The number of aryl methyl sites for hydroxylation is 1. The highest BCUT2D eigenvalue weighted by molar-refractivity contribution is 5.95. The second-order valence-electron chi connectivity index (χ2n) is 4.42. The van der Waals surface area contributed by atoms with Crippen molar-refractivity contribution >= 4 is 11.6 Å². The van der Waals surface area contributed by atoms with Gasteiger partial charge in [0.2, 0.25) is 0 Å². The van der Waals surface area contributed by atoms with E-state index in [2.05, 4.69) is 5.32 Å². The Bertz CT molecular complexity index is 474. The fraction of sp³-hybridized carbons (Fsp3) is 0.462. The van der Waals surface area contributed by atoms with Crippen LogP contribution in [0.2, 0.25) is 0 Å². The van der Waals surface area contributed by atoms with Crippen LogP contribution in [0.4, 0.5) is 5.69 Å². The first-order chi connectivity index (χ1) is 8.93. The van der Waals surface area contributed by atoms with Crippen molar-refractivity contribution < 1.29 is 14.8 Å². The number of amides is 1. The number of benzene rings is 1. The van der Waals surface area contributed by atoms with Crippen LogP contribution in [-0.2, 0) is 0 Å². The van der Waals surface area contributed by atoms with Crippen LogP contribution in [0.3, 0.4) is 0 Å². The zero-order valence-electron chi connectivity index (χ0n) is 11.0. The molecule has 1 unspecified atom stereocenters. The molecule has 1 rings (SSSR count). The van der Waals surface area contributed by atoms with E-state index in [-0.39, 0.29) is 17.2 Å². The van der Waals surface area contributed by atoms with Gasteiger partial charge in [-0.15, -0.1) is 0 Å².